The predicted octanol–water partition coefficient (Wildman–Crippen LogP) is 4.19. The first-order valence-corrected chi connectivity index (χ1v) is 6.94. The standard InChI is InChI=1S/C11H12Br2F3NO2/c1-2-18-10-8(12)3-7(4-9(10)13)5-17-19-6-11(14,15)16/h3-4,17H,2,5-6H2,1H3. The van der Waals surface area contributed by atoms with Gasteiger partial charge in [0.15, 0.2) is 6.61 Å². The fourth-order valence-electron chi connectivity index (χ4n) is 1.26. The quantitative estimate of drug-likeness (QED) is 0.567. The van der Waals surface area contributed by atoms with Crippen molar-refractivity contribution in [2.75, 3.05) is 13.2 Å². The number of ether oxygens (including phenoxy) is 1. The van der Waals surface area contributed by atoms with Crippen LogP contribution in [0.4, 0.5) is 13.2 Å². The van der Waals surface area contributed by atoms with Crippen LogP contribution in [0.25, 0.3) is 0 Å². The Bertz CT molecular complexity index is 404. The van der Waals surface area contributed by atoms with Crippen molar-refractivity contribution in [2.45, 2.75) is 19.6 Å². The van der Waals surface area contributed by atoms with E-state index in [4.69, 9.17) is 4.74 Å². The van der Waals surface area contributed by atoms with Crippen molar-refractivity contribution in [2.24, 2.45) is 0 Å². The topological polar surface area (TPSA) is 30.5 Å². The van der Waals surface area contributed by atoms with E-state index in [0.717, 1.165) is 14.5 Å². The van der Waals surface area contributed by atoms with Gasteiger partial charge in [-0.2, -0.15) is 18.7 Å². The number of benzene rings is 1. The molecule has 0 saturated heterocycles. The molecular formula is C11H12Br2F3NO2. The Labute approximate surface area is 125 Å². The second kappa shape index (κ2) is 7.47. The molecule has 0 aromatic heterocycles. The maximum absolute atomic E-state index is 11.9. The van der Waals surface area contributed by atoms with Crippen molar-refractivity contribution in [3.05, 3.63) is 26.6 Å². The lowest BCUT2D eigenvalue weighted by Crippen LogP contribution is -2.24. The van der Waals surface area contributed by atoms with Crippen LogP contribution in [0.1, 0.15) is 12.5 Å². The average Bonchev–Trinajstić information content (AvgIpc) is 2.28. The molecule has 8 heteroatoms. The van der Waals surface area contributed by atoms with Crippen LogP contribution in [-0.4, -0.2) is 19.4 Å². The van der Waals surface area contributed by atoms with Crippen LogP contribution in [-0.2, 0) is 11.4 Å². The van der Waals surface area contributed by atoms with E-state index in [2.05, 4.69) is 42.2 Å². The van der Waals surface area contributed by atoms with Gasteiger partial charge in [0, 0.05) is 6.54 Å². The van der Waals surface area contributed by atoms with Gasteiger partial charge in [-0.25, -0.2) is 0 Å². The summed E-state index contributed by atoms with van der Waals surface area (Å²) in [5, 5.41) is 0. The second-order valence-corrected chi connectivity index (χ2v) is 5.26. The zero-order valence-electron chi connectivity index (χ0n) is 9.98. The lowest BCUT2D eigenvalue weighted by atomic mass is 10.2. The van der Waals surface area contributed by atoms with Crippen LogP contribution in [0.3, 0.4) is 0 Å². The summed E-state index contributed by atoms with van der Waals surface area (Å²) < 4.78 is 42.4. The van der Waals surface area contributed by atoms with Gasteiger partial charge in [-0.15, -0.1) is 0 Å². The molecule has 0 aliphatic heterocycles. The fourth-order valence-corrected chi connectivity index (χ4v) is 2.77. The highest BCUT2D eigenvalue weighted by Gasteiger charge is 2.27. The summed E-state index contributed by atoms with van der Waals surface area (Å²) in [6.07, 6.45) is -4.34. The molecule has 1 aromatic carbocycles. The Morgan fingerprint density at radius 1 is 1.21 bits per heavy atom. The fraction of sp³-hybridized carbons (Fsp3) is 0.455. The predicted molar refractivity (Wildman–Crippen MR) is 71.9 cm³/mol. The van der Waals surface area contributed by atoms with Gasteiger partial charge in [-0.1, -0.05) is 0 Å². The van der Waals surface area contributed by atoms with Gasteiger partial charge in [-0.3, -0.25) is 4.84 Å². The van der Waals surface area contributed by atoms with E-state index >= 15 is 0 Å². The molecule has 0 saturated carbocycles. The molecule has 1 rings (SSSR count). The monoisotopic (exact) mass is 405 g/mol. The van der Waals surface area contributed by atoms with Crippen molar-refractivity contribution >= 4 is 31.9 Å². The largest absolute Gasteiger partial charge is 0.492 e. The minimum Gasteiger partial charge on any atom is -0.492 e. The first-order chi connectivity index (χ1) is 8.83. The van der Waals surface area contributed by atoms with Gasteiger partial charge < -0.3 is 4.74 Å². The van der Waals surface area contributed by atoms with E-state index in [-0.39, 0.29) is 6.54 Å². The molecule has 3 nitrogen and oxygen atoms in total. The summed E-state index contributed by atoms with van der Waals surface area (Å²) in [6.45, 7) is 1.20. The van der Waals surface area contributed by atoms with Crippen molar-refractivity contribution in [1.82, 2.24) is 5.48 Å². The number of halogens is 5. The smallest absolute Gasteiger partial charge is 0.413 e. The van der Waals surface area contributed by atoms with Gasteiger partial charge in [-0.05, 0) is 56.5 Å². The van der Waals surface area contributed by atoms with Crippen LogP contribution >= 0.6 is 31.9 Å². The Balaban J connectivity index is 2.56. The second-order valence-electron chi connectivity index (χ2n) is 3.55. The summed E-state index contributed by atoms with van der Waals surface area (Å²) in [5.74, 6) is 0.655. The average molecular weight is 407 g/mol. The third kappa shape index (κ3) is 6.11. The Morgan fingerprint density at radius 3 is 2.26 bits per heavy atom. The molecule has 108 valence electrons. The Kier molecular flexibility index (Phi) is 6.58. The molecule has 1 aromatic rings. The van der Waals surface area contributed by atoms with Gasteiger partial charge in [0.1, 0.15) is 5.75 Å². The van der Waals surface area contributed by atoms with Crippen LogP contribution < -0.4 is 10.2 Å². The molecular weight excluding hydrogens is 395 g/mol. The van der Waals surface area contributed by atoms with Crippen molar-refractivity contribution < 1.29 is 22.7 Å². The first-order valence-electron chi connectivity index (χ1n) is 5.35. The molecule has 0 aliphatic carbocycles. The molecule has 0 bridgehead atoms. The zero-order valence-corrected chi connectivity index (χ0v) is 13.2. The highest BCUT2D eigenvalue weighted by Crippen LogP contribution is 2.34. The third-order valence-corrected chi connectivity index (χ3v) is 3.14. The summed E-state index contributed by atoms with van der Waals surface area (Å²) in [5.41, 5.74) is 3.02. The molecule has 19 heavy (non-hydrogen) atoms. The van der Waals surface area contributed by atoms with Gasteiger partial charge >= 0.3 is 6.18 Å². The normalized spacial score (nSPS) is 11.7. The molecule has 0 heterocycles. The first kappa shape index (κ1) is 16.7. The van der Waals surface area contributed by atoms with E-state index in [9.17, 15) is 13.2 Å². The van der Waals surface area contributed by atoms with E-state index in [0.29, 0.717) is 12.4 Å². The van der Waals surface area contributed by atoms with Crippen molar-refractivity contribution in [3.8, 4) is 5.75 Å². The molecule has 0 amide bonds. The SMILES string of the molecule is CCOc1c(Br)cc(CNOCC(F)(F)F)cc1Br. The minimum atomic E-state index is -4.34. The van der Waals surface area contributed by atoms with Crippen LogP contribution in [0.15, 0.2) is 21.1 Å². The van der Waals surface area contributed by atoms with E-state index in [1.165, 1.54) is 0 Å². The molecule has 0 atom stereocenters. The van der Waals surface area contributed by atoms with Gasteiger partial charge in [0.05, 0.1) is 15.6 Å². The lowest BCUT2D eigenvalue weighted by Gasteiger charge is -2.12. The van der Waals surface area contributed by atoms with Crippen LogP contribution in [0.2, 0.25) is 0 Å². The maximum Gasteiger partial charge on any atom is 0.413 e. The van der Waals surface area contributed by atoms with E-state index < -0.39 is 12.8 Å². The molecule has 0 radical (unpaired) electrons. The maximum atomic E-state index is 11.9. The summed E-state index contributed by atoms with van der Waals surface area (Å²) in [4.78, 5) is 4.32. The number of alkyl halides is 3. The molecule has 0 unspecified atom stereocenters. The van der Waals surface area contributed by atoms with Crippen molar-refractivity contribution in [1.29, 1.82) is 0 Å². The van der Waals surface area contributed by atoms with E-state index in [1.54, 1.807) is 12.1 Å². The number of nitrogens with one attached hydrogen (secondary N) is 1. The summed E-state index contributed by atoms with van der Waals surface area (Å²) in [6, 6.07) is 3.50. The van der Waals surface area contributed by atoms with Crippen LogP contribution in [0.5, 0.6) is 5.75 Å². The molecule has 0 spiro atoms. The van der Waals surface area contributed by atoms with Gasteiger partial charge in [0.2, 0.25) is 0 Å². The number of hydrogen-bond donors (Lipinski definition) is 1. The number of rotatable bonds is 6. The number of hydroxylamine groups is 1. The lowest BCUT2D eigenvalue weighted by molar-refractivity contribution is -0.190. The molecule has 0 aliphatic rings. The highest BCUT2D eigenvalue weighted by atomic mass is 79.9. The Morgan fingerprint density at radius 2 is 1.79 bits per heavy atom. The van der Waals surface area contributed by atoms with Gasteiger partial charge in [0.25, 0.3) is 0 Å². The third-order valence-electron chi connectivity index (χ3n) is 1.96. The van der Waals surface area contributed by atoms with Crippen molar-refractivity contribution in [3.63, 3.8) is 0 Å². The van der Waals surface area contributed by atoms with E-state index in [1.807, 2.05) is 6.92 Å². The summed E-state index contributed by atoms with van der Waals surface area (Å²) >= 11 is 6.67. The van der Waals surface area contributed by atoms with Crippen LogP contribution in [0, 0.1) is 0 Å². The highest BCUT2D eigenvalue weighted by molar-refractivity contribution is 9.11. The zero-order chi connectivity index (χ0) is 14.5. The summed E-state index contributed by atoms with van der Waals surface area (Å²) in [7, 11) is 0. The molecule has 1 N–H and O–H groups in total. The Hall–Kier alpha value is -0.310. The number of hydrogen-bond acceptors (Lipinski definition) is 3. The minimum absolute atomic E-state index is 0.152. The molecule has 0 fully saturated rings.